The van der Waals surface area contributed by atoms with Gasteiger partial charge in [-0.25, -0.2) is 0 Å². The lowest BCUT2D eigenvalue weighted by Crippen LogP contribution is -2.32. The van der Waals surface area contributed by atoms with E-state index in [0.717, 1.165) is 23.2 Å². The number of amides is 3. The second-order valence-corrected chi connectivity index (χ2v) is 8.26. The van der Waals surface area contributed by atoms with Crippen molar-refractivity contribution in [3.05, 3.63) is 71.3 Å². The van der Waals surface area contributed by atoms with Crippen LogP contribution in [0.3, 0.4) is 0 Å². The number of rotatable bonds is 3. The standard InChI is InChI=1S/C24H22N2O3/c1-13-4-3-5-19(14(13)2)25-22(27)15-8-10-18(11-9-15)26-23(28)20-16-6-7-17(12-16)21(20)24(26)29/h3-11,16-17,20-21H,12H2,1-2H3,(H,25,27)/t16-,17-,20-,21+/m0/s1. The zero-order valence-electron chi connectivity index (χ0n) is 16.4. The summed E-state index contributed by atoms with van der Waals surface area (Å²) >= 11 is 0. The molecule has 1 heterocycles. The van der Waals surface area contributed by atoms with Gasteiger partial charge in [0.05, 0.1) is 17.5 Å². The van der Waals surface area contributed by atoms with Crippen molar-refractivity contribution in [2.24, 2.45) is 23.7 Å². The minimum absolute atomic E-state index is 0.107. The van der Waals surface area contributed by atoms with Crippen LogP contribution in [0.4, 0.5) is 11.4 Å². The summed E-state index contributed by atoms with van der Waals surface area (Å²) < 4.78 is 0. The largest absolute Gasteiger partial charge is 0.322 e. The molecule has 1 aliphatic heterocycles. The van der Waals surface area contributed by atoms with Crippen molar-refractivity contribution in [3.8, 4) is 0 Å². The van der Waals surface area contributed by atoms with E-state index in [1.807, 2.05) is 32.0 Å². The smallest absolute Gasteiger partial charge is 0.255 e. The fraction of sp³-hybridized carbons (Fsp3) is 0.292. The van der Waals surface area contributed by atoms with Gasteiger partial charge in [0.15, 0.2) is 0 Å². The average molecular weight is 386 g/mol. The number of fused-ring (bicyclic) bond motifs is 5. The first-order valence-corrected chi connectivity index (χ1v) is 9.99. The zero-order valence-corrected chi connectivity index (χ0v) is 16.4. The summed E-state index contributed by atoms with van der Waals surface area (Å²) in [5.41, 5.74) is 3.94. The highest BCUT2D eigenvalue weighted by Gasteiger charge is 2.59. The number of nitrogens with zero attached hydrogens (tertiary/aromatic N) is 1. The van der Waals surface area contributed by atoms with Crippen LogP contribution in [0.25, 0.3) is 0 Å². The average Bonchev–Trinajstić information content (AvgIpc) is 3.39. The van der Waals surface area contributed by atoms with E-state index < -0.39 is 0 Å². The molecule has 5 heteroatoms. The first-order valence-electron chi connectivity index (χ1n) is 9.99. The van der Waals surface area contributed by atoms with E-state index in [1.165, 1.54) is 4.90 Å². The third-order valence-electron chi connectivity index (χ3n) is 6.71. The third kappa shape index (κ3) is 2.64. The van der Waals surface area contributed by atoms with Crippen LogP contribution >= 0.6 is 0 Å². The van der Waals surface area contributed by atoms with Crippen molar-refractivity contribution < 1.29 is 14.4 Å². The van der Waals surface area contributed by atoms with Gasteiger partial charge in [0.1, 0.15) is 0 Å². The molecule has 2 aliphatic carbocycles. The molecule has 0 radical (unpaired) electrons. The van der Waals surface area contributed by atoms with Gasteiger partial charge in [-0.3, -0.25) is 19.3 Å². The highest BCUT2D eigenvalue weighted by atomic mass is 16.2. The number of nitrogens with one attached hydrogen (secondary N) is 1. The molecule has 5 nitrogen and oxygen atoms in total. The molecule has 1 saturated heterocycles. The quantitative estimate of drug-likeness (QED) is 0.643. The lowest BCUT2D eigenvalue weighted by molar-refractivity contribution is -0.123. The molecule has 5 rings (SSSR count). The summed E-state index contributed by atoms with van der Waals surface area (Å²) in [6.45, 7) is 3.97. The van der Waals surface area contributed by atoms with Crippen molar-refractivity contribution in [3.63, 3.8) is 0 Å². The molecule has 3 aliphatic rings. The van der Waals surface area contributed by atoms with Crippen molar-refractivity contribution in [1.29, 1.82) is 0 Å². The second-order valence-electron chi connectivity index (χ2n) is 8.26. The summed E-state index contributed by atoms with van der Waals surface area (Å²) in [6, 6.07) is 12.5. The molecule has 1 N–H and O–H groups in total. The van der Waals surface area contributed by atoms with Crippen LogP contribution in [0.1, 0.15) is 27.9 Å². The van der Waals surface area contributed by atoms with Gasteiger partial charge in [-0.15, -0.1) is 0 Å². The zero-order chi connectivity index (χ0) is 20.3. The number of benzene rings is 2. The Balaban J connectivity index is 1.36. The SMILES string of the molecule is Cc1cccc(NC(=O)c2ccc(N3C(=O)[C@@H]4[C@H](C3=O)[C@H]3C=C[C@H]4C3)cc2)c1C. The monoisotopic (exact) mass is 386 g/mol. The summed E-state index contributed by atoms with van der Waals surface area (Å²) in [6.07, 6.45) is 5.08. The molecule has 2 aromatic rings. The van der Waals surface area contributed by atoms with E-state index >= 15 is 0 Å². The topological polar surface area (TPSA) is 66.5 Å². The Bertz CT molecular complexity index is 1040. The third-order valence-corrected chi connectivity index (χ3v) is 6.71. The van der Waals surface area contributed by atoms with Crippen LogP contribution in [0.15, 0.2) is 54.6 Å². The first-order chi connectivity index (χ1) is 14.0. The Kier molecular flexibility index (Phi) is 3.95. The van der Waals surface area contributed by atoms with Crippen LogP contribution in [0.2, 0.25) is 0 Å². The van der Waals surface area contributed by atoms with Gasteiger partial charge in [-0.05, 0) is 73.6 Å². The lowest BCUT2D eigenvalue weighted by atomic mass is 9.85. The van der Waals surface area contributed by atoms with E-state index in [2.05, 4.69) is 17.5 Å². The predicted molar refractivity (Wildman–Crippen MR) is 111 cm³/mol. The highest BCUT2D eigenvalue weighted by molar-refractivity contribution is 6.23. The minimum Gasteiger partial charge on any atom is -0.322 e. The molecule has 2 fully saturated rings. The van der Waals surface area contributed by atoms with Crippen molar-refractivity contribution in [2.75, 3.05) is 10.2 Å². The van der Waals surface area contributed by atoms with Crippen LogP contribution in [-0.2, 0) is 9.59 Å². The van der Waals surface area contributed by atoms with Crippen molar-refractivity contribution in [1.82, 2.24) is 0 Å². The van der Waals surface area contributed by atoms with E-state index in [0.29, 0.717) is 11.3 Å². The fourth-order valence-electron chi connectivity index (χ4n) is 5.00. The van der Waals surface area contributed by atoms with Gasteiger partial charge in [-0.1, -0.05) is 24.3 Å². The Morgan fingerprint density at radius 3 is 2.17 bits per heavy atom. The van der Waals surface area contributed by atoms with E-state index in [9.17, 15) is 14.4 Å². The summed E-state index contributed by atoms with van der Waals surface area (Å²) in [7, 11) is 0. The number of anilines is 2. The predicted octanol–water partition coefficient (Wildman–Crippen LogP) is 3.87. The minimum atomic E-state index is -0.219. The molecule has 0 spiro atoms. The normalized spacial score (nSPS) is 26.9. The molecule has 2 aromatic carbocycles. The number of hydrogen-bond acceptors (Lipinski definition) is 3. The van der Waals surface area contributed by atoms with Crippen molar-refractivity contribution >= 4 is 29.1 Å². The molecule has 4 atom stereocenters. The van der Waals surface area contributed by atoms with Crippen LogP contribution < -0.4 is 10.2 Å². The molecule has 0 unspecified atom stereocenters. The molecule has 3 amide bonds. The maximum absolute atomic E-state index is 12.9. The maximum atomic E-state index is 12.9. The number of hydrogen-bond donors (Lipinski definition) is 1. The molecule has 146 valence electrons. The van der Waals surface area contributed by atoms with Crippen LogP contribution in [0, 0.1) is 37.5 Å². The van der Waals surface area contributed by atoms with Gasteiger partial charge in [-0.2, -0.15) is 0 Å². The highest BCUT2D eigenvalue weighted by Crippen LogP contribution is 2.53. The number of carbonyl (C=O) groups excluding carboxylic acids is 3. The fourth-order valence-corrected chi connectivity index (χ4v) is 5.00. The molecule has 0 aromatic heterocycles. The number of aryl methyl sites for hydroxylation is 1. The Morgan fingerprint density at radius 1 is 0.931 bits per heavy atom. The molecule has 29 heavy (non-hydrogen) atoms. The summed E-state index contributed by atoms with van der Waals surface area (Å²) in [5.74, 6) is -0.491. The Hall–Kier alpha value is -3.21. The summed E-state index contributed by atoms with van der Waals surface area (Å²) in [5, 5.41) is 2.93. The van der Waals surface area contributed by atoms with E-state index in [1.54, 1.807) is 24.3 Å². The second kappa shape index (κ2) is 6.41. The van der Waals surface area contributed by atoms with Gasteiger partial charge in [0, 0.05) is 11.3 Å². The molecule has 2 bridgehead atoms. The van der Waals surface area contributed by atoms with Gasteiger partial charge < -0.3 is 5.32 Å². The Morgan fingerprint density at radius 2 is 1.55 bits per heavy atom. The van der Waals surface area contributed by atoms with E-state index in [-0.39, 0.29) is 41.4 Å². The number of imide groups is 1. The Labute approximate surface area is 169 Å². The summed E-state index contributed by atoms with van der Waals surface area (Å²) in [4.78, 5) is 39.8. The van der Waals surface area contributed by atoms with Crippen LogP contribution in [-0.4, -0.2) is 17.7 Å². The molecule has 1 saturated carbocycles. The first kappa shape index (κ1) is 17.9. The maximum Gasteiger partial charge on any atom is 0.255 e. The van der Waals surface area contributed by atoms with Crippen LogP contribution in [0.5, 0.6) is 0 Å². The lowest BCUT2D eigenvalue weighted by Gasteiger charge is -2.17. The van der Waals surface area contributed by atoms with Crippen molar-refractivity contribution in [2.45, 2.75) is 20.3 Å². The van der Waals surface area contributed by atoms with Gasteiger partial charge in [0.25, 0.3) is 5.91 Å². The molecular weight excluding hydrogens is 364 g/mol. The van der Waals surface area contributed by atoms with Gasteiger partial charge >= 0.3 is 0 Å². The molecular formula is C24H22N2O3. The van der Waals surface area contributed by atoms with Gasteiger partial charge in [0.2, 0.25) is 11.8 Å². The van der Waals surface area contributed by atoms with E-state index in [4.69, 9.17) is 0 Å². The number of carbonyl (C=O) groups is 3. The number of allylic oxidation sites excluding steroid dienone is 2.